The number of benzene rings is 2. The lowest BCUT2D eigenvalue weighted by Crippen LogP contribution is -2.39. The van der Waals surface area contributed by atoms with Crippen LogP contribution in [-0.2, 0) is 10.5 Å². The molecule has 0 aliphatic carbocycles. The van der Waals surface area contributed by atoms with E-state index >= 15 is 0 Å². The summed E-state index contributed by atoms with van der Waals surface area (Å²) in [6.07, 6.45) is 0.214. The van der Waals surface area contributed by atoms with E-state index in [1.54, 1.807) is 0 Å². The van der Waals surface area contributed by atoms with Crippen molar-refractivity contribution in [1.29, 1.82) is 0 Å². The van der Waals surface area contributed by atoms with Crippen molar-refractivity contribution < 1.29 is 9.53 Å². The number of nitrogens with one attached hydrogen (secondary N) is 1. The molecular weight excluding hydrogens is 318 g/mol. The first-order chi connectivity index (χ1) is 11.7. The summed E-state index contributed by atoms with van der Waals surface area (Å²) in [5, 5.41) is 2.96. The second-order valence-corrected chi connectivity index (χ2v) is 6.76. The second kappa shape index (κ2) is 10.0. The van der Waals surface area contributed by atoms with Gasteiger partial charge in [-0.2, -0.15) is 11.8 Å². The number of hydrogen-bond donors (Lipinski definition) is 1. The number of rotatable bonds is 9. The molecule has 0 radical (unpaired) electrons. The molecule has 0 spiro atoms. The summed E-state index contributed by atoms with van der Waals surface area (Å²) in [7, 11) is 0. The van der Waals surface area contributed by atoms with Crippen molar-refractivity contribution in [3.05, 3.63) is 65.7 Å². The Kier molecular flexibility index (Phi) is 7.69. The number of carbonyl (C=O) groups is 1. The molecule has 3 nitrogen and oxygen atoms in total. The topological polar surface area (TPSA) is 38.3 Å². The molecule has 0 aliphatic heterocycles. The maximum Gasteiger partial charge on any atom is 0.261 e. The lowest BCUT2D eigenvalue weighted by atomic mass is 10.2. The molecule has 0 bridgehead atoms. The van der Waals surface area contributed by atoms with Crippen LogP contribution in [0.1, 0.15) is 24.5 Å². The van der Waals surface area contributed by atoms with Crippen LogP contribution < -0.4 is 10.1 Å². The zero-order chi connectivity index (χ0) is 17.2. The third-order valence-corrected chi connectivity index (χ3v) is 4.65. The Morgan fingerprint density at radius 1 is 1.12 bits per heavy atom. The average molecular weight is 343 g/mol. The highest BCUT2D eigenvalue weighted by atomic mass is 32.2. The number of ether oxygens (including phenoxy) is 1. The van der Waals surface area contributed by atoms with E-state index in [9.17, 15) is 4.79 Å². The molecule has 2 aromatic rings. The Balaban J connectivity index is 1.66. The highest BCUT2D eigenvalue weighted by Crippen LogP contribution is 2.14. The summed E-state index contributed by atoms with van der Waals surface area (Å²) in [5.74, 6) is 2.54. The molecular formula is C20H25NO2S. The van der Waals surface area contributed by atoms with Gasteiger partial charge < -0.3 is 10.1 Å². The third kappa shape index (κ3) is 6.28. The fourth-order valence-electron chi connectivity index (χ4n) is 2.22. The molecule has 24 heavy (non-hydrogen) atoms. The van der Waals surface area contributed by atoms with Gasteiger partial charge in [-0.3, -0.25) is 4.79 Å². The number of amides is 1. The summed E-state index contributed by atoms with van der Waals surface area (Å²) in [4.78, 5) is 12.2. The van der Waals surface area contributed by atoms with E-state index in [0.29, 0.717) is 13.0 Å². The van der Waals surface area contributed by atoms with Crippen LogP contribution in [0.5, 0.6) is 5.75 Å². The van der Waals surface area contributed by atoms with Gasteiger partial charge in [-0.05, 0) is 31.0 Å². The molecule has 1 atom stereocenters. The molecule has 0 unspecified atom stereocenters. The lowest BCUT2D eigenvalue weighted by molar-refractivity contribution is -0.127. The van der Waals surface area contributed by atoms with Crippen molar-refractivity contribution in [1.82, 2.24) is 5.32 Å². The molecule has 4 heteroatoms. The van der Waals surface area contributed by atoms with E-state index in [1.807, 2.05) is 49.0 Å². The van der Waals surface area contributed by atoms with E-state index < -0.39 is 6.10 Å². The molecule has 0 aliphatic rings. The zero-order valence-corrected chi connectivity index (χ0v) is 15.1. The normalized spacial score (nSPS) is 11.8. The molecule has 1 N–H and O–H groups in total. The molecule has 2 rings (SSSR count). The Labute approximate surface area is 148 Å². The highest BCUT2D eigenvalue weighted by molar-refractivity contribution is 7.98. The Morgan fingerprint density at radius 3 is 2.50 bits per heavy atom. The van der Waals surface area contributed by atoms with Crippen LogP contribution in [0.3, 0.4) is 0 Å². The van der Waals surface area contributed by atoms with Crippen molar-refractivity contribution in [3.8, 4) is 5.75 Å². The van der Waals surface area contributed by atoms with Gasteiger partial charge >= 0.3 is 0 Å². The number of para-hydroxylation sites is 1. The Hall–Kier alpha value is -1.94. The van der Waals surface area contributed by atoms with Gasteiger partial charge in [0.05, 0.1) is 0 Å². The molecule has 1 amide bonds. The molecule has 0 saturated heterocycles. The summed E-state index contributed by atoms with van der Waals surface area (Å²) in [5.41, 5.74) is 2.59. The van der Waals surface area contributed by atoms with Crippen LogP contribution in [-0.4, -0.2) is 24.3 Å². The van der Waals surface area contributed by atoms with Crippen LogP contribution in [0.15, 0.2) is 54.6 Å². The van der Waals surface area contributed by atoms with Crippen molar-refractivity contribution in [2.45, 2.75) is 32.1 Å². The van der Waals surface area contributed by atoms with Gasteiger partial charge in [0.2, 0.25) is 0 Å². The van der Waals surface area contributed by atoms with Crippen LogP contribution in [0.2, 0.25) is 0 Å². The van der Waals surface area contributed by atoms with E-state index in [-0.39, 0.29) is 5.91 Å². The first-order valence-corrected chi connectivity index (χ1v) is 9.47. The van der Waals surface area contributed by atoms with Gasteiger partial charge in [0, 0.05) is 18.1 Å². The minimum Gasteiger partial charge on any atom is -0.481 e. The number of hydrogen-bond acceptors (Lipinski definition) is 3. The van der Waals surface area contributed by atoms with Gasteiger partial charge in [-0.25, -0.2) is 0 Å². The largest absolute Gasteiger partial charge is 0.481 e. The summed E-state index contributed by atoms with van der Waals surface area (Å²) in [6, 6.07) is 18.0. The van der Waals surface area contributed by atoms with Crippen LogP contribution >= 0.6 is 11.8 Å². The van der Waals surface area contributed by atoms with E-state index in [4.69, 9.17) is 4.74 Å². The predicted molar refractivity (Wildman–Crippen MR) is 101 cm³/mol. The minimum absolute atomic E-state index is 0.0442. The smallest absolute Gasteiger partial charge is 0.261 e. The summed E-state index contributed by atoms with van der Waals surface area (Å²) >= 11 is 1.82. The molecule has 0 fully saturated rings. The van der Waals surface area contributed by atoms with Gasteiger partial charge in [-0.1, -0.05) is 55.0 Å². The first kappa shape index (κ1) is 18.4. The maximum atomic E-state index is 12.2. The molecule has 2 aromatic carbocycles. The average Bonchev–Trinajstić information content (AvgIpc) is 2.61. The predicted octanol–water partition coefficient (Wildman–Crippen LogP) is 4.20. The second-order valence-electron chi connectivity index (χ2n) is 5.66. The first-order valence-electron chi connectivity index (χ1n) is 8.31. The third-order valence-electron chi connectivity index (χ3n) is 3.62. The van der Waals surface area contributed by atoms with E-state index in [0.717, 1.165) is 17.3 Å². The van der Waals surface area contributed by atoms with Gasteiger partial charge in [0.15, 0.2) is 6.10 Å². The quantitative estimate of drug-likeness (QED) is 0.694. The summed E-state index contributed by atoms with van der Waals surface area (Å²) < 4.78 is 5.74. The molecule has 0 aromatic heterocycles. The molecule has 128 valence electrons. The lowest BCUT2D eigenvalue weighted by Gasteiger charge is -2.17. The highest BCUT2D eigenvalue weighted by Gasteiger charge is 2.17. The number of aryl methyl sites for hydroxylation is 1. The Morgan fingerprint density at radius 2 is 1.83 bits per heavy atom. The fourth-order valence-corrected chi connectivity index (χ4v) is 3.04. The van der Waals surface area contributed by atoms with Crippen LogP contribution in [0.25, 0.3) is 0 Å². The standard InChI is InChI=1S/C20H25NO2S/c1-3-19(23-18-7-5-4-6-8-18)20(22)21-13-14-24-15-17-11-9-16(2)10-12-17/h4-12,19H,3,13-15H2,1-2H3,(H,21,22)/t19-/m0/s1. The van der Waals surface area contributed by atoms with Crippen molar-refractivity contribution in [3.63, 3.8) is 0 Å². The zero-order valence-electron chi connectivity index (χ0n) is 14.3. The summed E-state index contributed by atoms with van der Waals surface area (Å²) in [6.45, 7) is 4.71. The van der Waals surface area contributed by atoms with Crippen molar-refractivity contribution in [2.24, 2.45) is 0 Å². The van der Waals surface area contributed by atoms with E-state index in [1.165, 1.54) is 11.1 Å². The Bertz CT molecular complexity index is 613. The van der Waals surface area contributed by atoms with Gasteiger partial charge in [-0.15, -0.1) is 0 Å². The maximum absolute atomic E-state index is 12.2. The van der Waals surface area contributed by atoms with E-state index in [2.05, 4.69) is 36.5 Å². The minimum atomic E-state index is -0.436. The molecule has 0 heterocycles. The van der Waals surface area contributed by atoms with Gasteiger partial charge in [0.1, 0.15) is 5.75 Å². The fraction of sp³-hybridized carbons (Fsp3) is 0.350. The molecule has 0 saturated carbocycles. The van der Waals surface area contributed by atoms with Crippen LogP contribution in [0.4, 0.5) is 0 Å². The SMILES string of the molecule is CC[C@H](Oc1ccccc1)C(=O)NCCSCc1ccc(C)cc1. The monoisotopic (exact) mass is 343 g/mol. The van der Waals surface area contributed by atoms with Gasteiger partial charge in [0.25, 0.3) is 5.91 Å². The van der Waals surface area contributed by atoms with Crippen molar-refractivity contribution >= 4 is 17.7 Å². The van der Waals surface area contributed by atoms with Crippen LogP contribution in [0, 0.1) is 6.92 Å². The number of carbonyl (C=O) groups excluding carboxylic acids is 1. The number of thioether (sulfide) groups is 1. The van der Waals surface area contributed by atoms with Crippen molar-refractivity contribution in [2.75, 3.05) is 12.3 Å².